The molecule has 0 radical (unpaired) electrons. The molecule has 0 spiro atoms. The average Bonchev–Trinajstić information content (AvgIpc) is 2.89. The van der Waals surface area contributed by atoms with Crippen LogP contribution in [0.15, 0.2) is 97.1 Å². The van der Waals surface area contributed by atoms with Crippen LogP contribution in [0.25, 0.3) is 0 Å². The number of benzene rings is 4. The SMILES string of the molecule is Cc1cccc(C(=O)OC2C3c4ccccc4C(c4ccccc43)C2OC(=O)c2cccc(C)c2)c1. The molecule has 0 saturated carbocycles. The second-order valence-electron chi connectivity index (χ2n) is 9.69. The first-order valence-corrected chi connectivity index (χ1v) is 12.2. The maximum atomic E-state index is 13.3. The Bertz CT molecular complexity index is 1330. The molecule has 2 bridgehead atoms. The Morgan fingerprint density at radius 3 is 1.22 bits per heavy atom. The van der Waals surface area contributed by atoms with Gasteiger partial charge in [0.15, 0.2) is 12.2 Å². The predicted octanol–water partition coefficient (Wildman–Crippen LogP) is 6.35. The van der Waals surface area contributed by atoms with Gasteiger partial charge >= 0.3 is 11.9 Å². The van der Waals surface area contributed by atoms with E-state index in [1.165, 1.54) is 0 Å². The van der Waals surface area contributed by atoms with Crippen molar-refractivity contribution in [1.82, 2.24) is 0 Å². The molecule has 0 amide bonds. The number of ether oxygens (including phenoxy) is 2. The van der Waals surface area contributed by atoms with E-state index in [1.807, 2.05) is 74.5 Å². The average molecular weight is 475 g/mol. The minimum Gasteiger partial charge on any atom is -0.454 e. The molecule has 4 nitrogen and oxygen atoms in total. The first-order chi connectivity index (χ1) is 17.5. The Morgan fingerprint density at radius 1 is 0.528 bits per heavy atom. The van der Waals surface area contributed by atoms with Crippen molar-refractivity contribution in [2.24, 2.45) is 0 Å². The van der Waals surface area contributed by atoms with Crippen LogP contribution < -0.4 is 0 Å². The van der Waals surface area contributed by atoms with E-state index in [-0.39, 0.29) is 11.8 Å². The number of fused-ring (bicyclic) bond motifs is 1. The van der Waals surface area contributed by atoms with Crippen LogP contribution in [-0.2, 0) is 9.47 Å². The summed E-state index contributed by atoms with van der Waals surface area (Å²) in [4.78, 5) is 26.7. The Kier molecular flexibility index (Phi) is 5.45. The lowest BCUT2D eigenvalue weighted by Crippen LogP contribution is -2.51. The molecule has 4 heteroatoms. The van der Waals surface area contributed by atoms with Gasteiger partial charge in [-0.1, -0.05) is 83.9 Å². The van der Waals surface area contributed by atoms with E-state index < -0.39 is 24.1 Å². The molecule has 3 aliphatic carbocycles. The molecule has 0 fully saturated rings. The van der Waals surface area contributed by atoms with Gasteiger partial charge in [-0.05, 0) is 60.4 Å². The van der Waals surface area contributed by atoms with Crippen LogP contribution in [0.5, 0.6) is 0 Å². The van der Waals surface area contributed by atoms with E-state index in [9.17, 15) is 9.59 Å². The number of esters is 2. The van der Waals surface area contributed by atoms with E-state index in [2.05, 4.69) is 24.3 Å². The van der Waals surface area contributed by atoms with Crippen LogP contribution in [0.2, 0.25) is 0 Å². The minimum atomic E-state index is -0.651. The second-order valence-corrected chi connectivity index (χ2v) is 9.69. The summed E-state index contributed by atoms with van der Waals surface area (Å²) >= 11 is 0. The fourth-order valence-electron chi connectivity index (χ4n) is 5.77. The molecule has 2 atom stereocenters. The number of rotatable bonds is 4. The molecule has 0 N–H and O–H groups in total. The van der Waals surface area contributed by atoms with Crippen molar-refractivity contribution in [1.29, 1.82) is 0 Å². The van der Waals surface area contributed by atoms with Crippen LogP contribution in [-0.4, -0.2) is 24.1 Å². The highest BCUT2D eigenvalue weighted by Gasteiger charge is 2.53. The third kappa shape index (κ3) is 3.70. The molecule has 0 saturated heterocycles. The van der Waals surface area contributed by atoms with Gasteiger partial charge in [0.2, 0.25) is 0 Å². The maximum Gasteiger partial charge on any atom is 0.338 e. The van der Waals surface area contributed by atoms with Gasteiger partial charge in [0.1, 0.15) is 0 Å². The second kappa shape index (κ2) is 8.80. The van der Waals surface area contributed by atoms with Crippen LogP contribution in [0.3, 0.4) is 0 Å². The van der Waals surface area contributed by atoms with Gasteiger partial charge in [0, 0.05) is 0 Å². The summed E-state index contributed by atoms with van der Waals surface area (Å²) < 4.78 is 12.5. The molecule has 2 unspecified atom stereocenters. The highest BCUT2D eigenvalue weighted by molar-refractivity contribution is 5.91. The molecule has 178 valence electrons. The fourth-order valence-corrected chi connectivity index (χ4v) is 5.77. The van der Waals surface area contributed by atoms with Crippen molar-refractivity contribution in [2.45, 2.75) is 37.9 Å². The zero-order chi connectivity index (χ0) is 24.8. The van der Waals surface area contributed by atoms with E-state index in [4.69, 9.17) is 9.47 Å². The summed E-state index contributed by atoms with van der Waals surface area (Å²) in [6, 6.07) is 31.1. The highest BCUT2D eigenvalue weighted by Crippen LogP contribution is 2.54. The lowest BCUT2D eigenvalue weighted by molar-refractivity contribution is -0.0557. The topological polar surface area (TPSA) is 52.6 Å². The van der Waals surface area contributed by atoms with Gasteiger partial charge in [-0.3, -0.25) is 0 Å². The summed E-state index contributed by atoms with van der Waals surface area (Å²) in [7, 11) is 0. The molecular formula is C32H26O4. The summed E-state index contributed by atoms with van der Waals surface area (Å²) in [5.74, 6) is -1.29. The highest BCUT2D eigenvalue weighted by atomic mass is 16.6. The van der Waals surface area contributed by atoms with Gasteiger partial charge in [-0.25, -0.2) is 9.59 Å². The number of carbonyl (C=O) groups is 2. The summed E-state index contributed by atoms with van der Waals surface area (Å²) in [6.07, 6.45) is -1.30. The molecule has 3 aliphatic rings. The molecule has 4 aromatic rings. The van der Waals surface area contributed by atoms with Crippen molar-refractivity contribution in [2.75, 3.05) is 0 Å². The number of carbonyl (C=O) groups excluding carboxylic acids is 2. The van der Waals surface area contributed by atoms with E-state index in [0.717, 1.165) is 33.4 Å². The Hall–Kier alpha value is -4.18. The van der Waals surface area contributed by atoms with Crippen LogP contribution >= 0.6 is 0 Å². The molecule has 4 aromatic carbocycles. The lowest BCUT2D eigenvalue weighted by Gasteiger charge is -2.49. The van der Waals surface area contributed by atoms with Gasteiger partial charge in [-0.2, -0.15) is 0 Å². The van der Waals surface area contributed by atoms with Crippen molar-refractivity contribution in [3.05, 3.63) is 142 Å². The number of hydrogen-bond acceptors (Lipinski definition) is 4. The van der Waals surface area contributed by atoms with Crippen LogP contribution in [0.1, 0.15) is 65.9 Å². The molecule has 0 heterocycles. The zero-order valence-electron chi connectivity index (χ0n) is 20.2. The normalized spacial score (nSPS) is 21.3. The Balaban J connectivity index is 1.45. The van der Waals surface area contributed by atoms with Crippen LogP contribution in [0.4, 0.5) is 0 Å². The summed E-state index contributed by atoms with van der Waals surface area (Å²) in [5.41, 5.74) is 7.40. The molecule has 0 aliphatic heterocycles. The third-order valence-electron chi connectivity index (χ3n) is 7.31. The fraction of sp³-hybridized carbons (Fsp3) is 0.188. The monoisotopic (exact) mass is 474 g/mol. The first kappa shape index (κ1) is 22.3. The zero-order valence-corrected chi connectivity index (χ0v) is 20.2. The van der Waals surface area contributed by atoms with Crippen molar-refractivity contribution < 1.29 is 19.1 Å². The summed E-state index contributed by atoms with van der Waals surface area (Å²) in [5, 5.41) is 0. The maximum absolute atomic E-state index is 13.3. The van der Waals surface area contributed by atoms with E-state index >= 15 is 0 Å². The van der Waals surface area contributed by atoms with Gasteiger partial charge in [0.05, 0.1) is 23.0 Å². The van der Waals surface area contributed by atoms with Gasteiger partial charge in [0.25, 0.3) is 0 Å². The number of aryl methyl sites for hydroxylation is 2. The quantitative estimate of drug-likeness (QED) is 0.324. The smallest absolute Gasteiger partial charge is 0.338 e. The lowest BCUT2D eigenvalue weighted by atomic mass is 9.61. The number of hydrogen-bond donors (Lipinski definition) is 0. The minimum absolute atomic E-state index is 0.230. The standard InChI is InChI=1S/C32H26O4/c1-19-9-7-11-21(17-19)31(33)35-29-27-23-13-3-5-15-25(23)28(26-16-6-4-14-24(26)27)30(29)36-32(34)22-12-8-10-20(2)18-22/h3-18,27-30H,1-2H3. The van der Waals surface area contributed by atoms with Crippen molar-refractivity contribution in [3.63, 3.8) is 0 Å². The largest absolute Gasteiger partial charge is 0.454 e. The molecule has 36 heavy (non-hydrogen) atoms. The van der Waals surface area contributed by atoms with Crippen molar-refractivity contribution >= 4 is 11.9 Å². The first-order valence-electron chi connectivity index (χ1n) is 12.2. The van der Waals surface area contributed by atoms with E-state index in [0.29, 0.717) is 11.1 Å². The Labute approximate surface area is 210 Å². The predicted molar refractivity (Wildman–Crippen MR) is 137 cm³/mol. The third-order valence-corrected chi connectivity index (χ3v) is 7.31. The van der Waals surface area contributed by atoms with Crippen LogP contribution in [0, 0.1) is 13.8 Å². The molecule has 7 rings (SSSR count). The summed E-state index contributed by atoms with van der Waals surface area (Å²) in [6.45, 7) is 3.89. The Morgan fingerprint density at radius 2 is 0.889 bits per heavy atom. The van der Waals surface area contributed by atoms with Crippen molar-refractivity contribution in [3.8, 4) is 0 Å². The van der Waals surface area contributed by atoms with Gasteiger partial charge in [-0.15, -0.1) is 0 Å². The van der Waals surface area contributed by atoms with E-state index in [1.54, 1.807) is 12.1 Å². The molecular weight excluding hydrogens is 448 g/mol. The molecule has 0 aromatic heterocycles. The van der Waals surface area contributed by atoms with Gasteiger partial charge < -0.3 is 9.47 Å².